The Morgan fingerprint density at radius 2 is 1.86 bits per heavy atom. The van der Waals surface area contributed by atoms with Crippen LogP contribution in [-0.4, -0.2) is 13.3 Å². The van der Waals surface area contributed by atoms with Crippen molar-refractivity contribution in [1.82, 2.24) is 0 Å². The van der Waals surface area contributed by atoms with Gasteiger partial charge in [-0.2, -0.15) is 0 Å². The van der Waals surface area contributed by atoms with E-state index < -0.39 is 6.67 Å². The van der Waals surface area contributed by atoms with E-state index in [1.165, 1.54) is 0 Å². The van der Waals surface area contributed by atoms with Gasteiger partial charge in [0, 0.05) is 0 Å². The third-order valence-electron chi connectivity index (χ3n) is 2.25. The number of hydrogen-bond donors (Lipinski definition) is 1. The van der Waals surface area contributed by atoms with Gasteiger partial charge in [0.25, 0.3) is 0 Å². The van der Waals surface area contributed by atoms with Crippen LogP contribution in [0.3, 0.4) is 0 Å². The van der Waals surface area contributed by atoms with E-state index in [1.807, 2.05) is 6.07 Å². The average Bonchev–Trinajstić information content (AvgIpc) is 2.64. The molecule has 0 bridgehead atoms. The summed E-state index contributed by atoms with van der Waals surface area (Å²) in [5, 5.41) is 0. The first kappa shape index (κ1) is 9.27. The summed E-state index contributed by atoms with van der Waals surface area (Å²) in [6.45, 7) is 0.228. The average molecular weight is 197 g/mol. The second kappa shape index (κ2) is 3.84. The Hall–Kier alpha value is -1.29. The summed E-state index contributed by atoms with van der Waals surface area (Å²) in [5.74, 6) is 1.31. The van der Waals surface area contributed by atoms with Crippen molar-refractivity contribution in [3.05, 3.63) is 23.3 Å². The zero-order chi connectivity index (χ0) is 9.97. The fraction of sp³-hybridized carbons (Fsp3) is 0.400. The molecule has 1 aliphatic heterocycles. The lowest BCUT2D eigenvalue weighted by molar-refractivity contribution is 0.174. The lowest BCUT2D eigenvalue weighted by atomic mass is 10.0. The van der Waals surface area contributed by atoms with Crippen LogP contribution < -0.4 is 15.2 Å². The molecule has 0 saturated carbocycles. The Balaban J connectivity index is 2.38. The molecule has 1 heterocycles. The molecular weight excluding hydrogens is 185 g/mol. The first-order chi connectivity index (χ1) is 6.85. The topological polar surface area (TPSA) is 44.5 Å². The molecule has 0 fully saturated rings. The maximum absolute atomic E-state index is 12.6. The molecule has 1 aliphatic rings. The molecular formula is C10H12FNO2. The Morgan fingerprint density at radius 3 is 2.43 bits per heavy atom. The summed E-state index contributed by atoms with van der Waals surface area (Å²) in [7, 11) is 0. The van der Waals surface area contributed by atoms with Gasteiger partial charge in [-0.15, -0.1) is 0 Å². The molecule has 0 spiro atoms. The summed E-state index contributed by atoms with van der Waals surface area (Å²) < 4.78 is 23.0. The zero-order valence-electron chi connectivity index (χ0n) is 7.75. The monoisotopic (exact) mass is 197 g/mol. The second-order valence-electron chi connectivity index (χ2n) is 3.15. The lowest BCUT2D eigenvalue weighted by Crippen LogP contribution is -2.04. The highest BCUT2D eigenvalue weighted by Gasteiger charge is 2.16. The summed E-state index contributed by atoms with van der Waals surface area (Å²) >= 11 is 0. The molecule has 2 N–H and O–H groups in total. The van der Waals surface area contributed by atoms with Crippen molar-refractivity contribution in [3.8, 4) is 11.5 Å². The van der Waals surface area contributed by atoms with Gasteiger partial charge in [-0.3, -0.25) is 0 Å². The van der Waals surface area contributed by atoms with E-state index in [1.54, 1.807) is 6.07 Å². The smallest absolute Gasteiger partial charge is 0.231 e. The summed E-state index contributed by atoms with van der Waals surface area (Å²) in [6.07, 6.45) is 0.663. The Morgan fingerprint density at radius 1 is 1.21 bits per heavy atom. The highest BCUT2D eigenvalue weighted by molar-refractivity contribution is 5.48. The van der Waals surface area contributed by atoms with Crippen molar-refractivity contribution in [3.63, 3.8) is 0 Å². The first-order valence-corrected chi connectivity index (χ1v) is 4.52. The highest BCUT2D eigenvalue weighted by Crippen LogP contribution is 2.35. The van der Waals surface area contributed by atoms with Crippen LogP contribution in [0.15, 0.2) is 12.1 Å². The van der Waals surface area contributed by atoms with Gasteiger partial charge in [-0.05, 0) is 36.2 Å². The number of ether oxygens (including phenoxy) is 2. The van der Waals surface area contributed by atoms with Gasteiger partial charge >= 0.3 is 0 Å². The molecule has 76 valence electrons. The number of hydrogen-bond acceptors (Lipinski definition) is 3. The predicted molar refractivity (Wildman–Crippen MR) is 50.1 cm³/mol. The van der Waals surface area contributed by atoms with Crippen LogP contribution in [0.2, 0.25) is 0 Å². The van der Waals surface area contributed by atoms with Crippen LogP contribution in [0, 0.1) is 0 Å². The lowest BCUT2D eigenvalue weighted by Gasteiger charge is -2.06. The molecule has 0 unspecified atom stereocenters. The van der Waals surface area contributed by atoms with E-state index >= 15 is 0 Å². The first-order valence-electron chi connectivity index (χ1n) is 4.52. The van der Waals surface area contributed by atoms with Gasteiger partial charge in [0.05, 0.1) is 0 Å². The van der Waals surface area contributed by atoms with Crippen LogP contribution in [-0.2, 0) is 13.1 Å². The molecule has 0 atom stereocenters. The van der Waals surface area contributed by atoms with Gasteiger partial charge in [0.15, 0.2) is 11.5 Å². The fourth-order valence-corrected chi connectivity index (χ4v) is 1.54. The van der Waals surface area contributed by atoms with E-state index in [0.717, 1.165) is 5.56 Å². The molecule has 1 aromatic carbocycles. The van der Waals surface area contributed by atoms with Crippen molar-refractivity contribution in [2.75, 3.05) is 13.3 Å². The van der Waals surface area contributed by atoms with E-state index in [4.69, 9.17) is 15.2 Å². The third kappa shape index (κ3) is 1.53. The number of rotatable bonds is 3. The zero-order valence-corrected chi connectivity index (χ0v) is 7.75. The van der Waals surface area contributed by atoms with Crippen LogP contribution in [0.4, 0.5) is 4.39 Å². The van der Waals surface area contributed by atoms with Crippen molar-refractivity contribution >= 4 is 0 Å². The Bertz CT molecular complexity index is 341. The standard InChI is InChI=1S/C10H12FNO2/c11-5-8-4-10-9(13-6-14-10)3-7(8)1-2-12/h3-4H,1-2,5-6,12H2. The van der Waals surface area contributed by atoms with Crippen LogP contribution in [0.1, 0.15) is 11.1 Å². The maximum atomic E-state index is 12.6. The Kier molecular flexibility index (Phi) is 2.54. The van der Waals surface area contributed by atoms with E-state index in [2.05, 4.69) is 0 Å². The van der Waals surface area contributed by atoms with Crippen LogP contribution in [0.25, 0.3) is 0 Å². The van der Waals surface area contributed by atoms with E-state index in [0.29, 0.717) is 30.0 Å². The fourth-order valence-electron chi connectivity index (χ4n) is 1.54. The minimum absolute atomic E-state index is 0.215. The molecule has 4 heteroatoms. The molecule has 3 nitrogen and oxygen atoms in total. The summed E-state index contributed by atoms with van der Waals surface area (Å²) in [5.41, 5.74) is 6.98. The van der Waals surface area contributed by atoms with Crippen molar-refractivity contribution in [1.29, 1.82) is 0 Å². The summed E-state index contributed by atoms with van der Waals surface area (Å²) in [4.78, 5) is 0. The van der Waals surface area contributed by atoms with Gasteiger partial charge in [0.2, 0.25) is 6.79 Å². The molecule has 2 rings (SSSR count). The Labute approximate surface area is 81.6 Å². The second-order valence-corrected chi connectivity index (χ2v) is 3.15. The predicted octanol–water partition coefficient (Wildman–Crippen LogP) is 1.39. The molecule has 0 radical (unpaired) electrons. The molecule has 0 aliphatic carbocycles. The number of benzene rings is 1. The van der Waals surface area contributed by atoms with Crippen molar-refractivity contribution in [2.45, 2.75) is 13.1 Å². The highest BCUT2D eigenvalue weighted by atomic mass is 19.1. The van der Waals surface area contributed by atoms with Gasteiger partial charge < -0.3 is 15.2 Å². The molecule has 0 amide bonds. The maximum Gasteiger partial charge on any atom is 0.231 e. The molecule has 0 saturated heterocycles. The number of fused-ring (bicyclic) bond motifs is 1. The molecule has 0 aromatic heterocycles. The van der Waals surface area contributed by atoms with Gasteiger partial charge in [-0.25, -0.2) is 4.39 Å². The van der Waals surface area contributed by atoms with Gasteiger partial charge in [-0.1, -0.05) is 0 Å². The largest absolute Gasteiger partial charge is 0.454 e. The quantitative estimate of drug-likeness (QED) is 0.796. The van der Waals surface area contributed by atoms with E-state index in [9.17, 15) is 4.39 Å². The normalized spacial score (nSPS) is 13.3. The van der Waals surface area contributed by atoms with Crippen molar-refractivity contribution < 1.29 is 13.9 Å². The minimum atomic E-state index is -0.494. The van der Waals surface area contributed by atoms with E-state index in [-0.39, 0.29) is 6.79 Å². The minimum Gasteiger partial charge on any atom is -0.454 e. The number of alkyl halides is 1. The van der Waals surface area contributed by atoms with Crippen LogP contribution >= 0.6 is 0 Å². The molecule has 1 aromatic rings. The van der Waals surface area contributed by atoms with Crippen LogP contribution in [0.5, 0.6) is 11.5 Å². The van der Waals surface area contributed by atoms with Gasteiger partial charge in [0.1, 0.15) is 6.67 Å². The third-order valence-corrected chi connectivity index (χ3v) is 2.25. The number of nitrogens with two attached hydrogens (primary N) is 1. The molecule has 14 heavy (non-hydrogen) atoms. The number of halogens is 1. The SMILES string of the molecule is NCCc1cc2c(cc1CF)OCO2. The van der Waals surface area contributed by atoms with Crippen molar-refractivity contribution in [2.24, 2.45) is 5.73 Å². The summed E-state index contributed by atoms with van der Waals surface area (Å²) in [6, 6.07) is 3.50.